The molecular weight excluding hydrogens is 419 g/mol. The molecule has 5 nitrogen and oxygen atoms in total. The molecule has 24 heavy (non-hydrogen) atoms. The summed E-state index contributed by atoms with van der Waals surface area (Å²) >= 11 is 2.14. The minimum atomic E-state index is -0.148. The highest BCUT2D eigenvalue weighted by atomic mass is 127. The van der Waals surface area contributed by atoms with Crippen LogP contribution in [-0.2, 0) is 16.0 Å². The summed E-state index contributed by atoms with van der Waals surface area (Å²) in [5, 5.41) is 5.63. The van der Waals surface area contributed by atoms with Crippen molar-refractivity contribution in [2.24, 2.45) is 0 Å². The molecule has 2 rings (SSSR count). The highest BCUT2D eigenvalue weighted by Crippen LogP contribution is 2.15. The van der Waals surface area contributed by atoms with Crippen LogP contribution in [0.4, 0.5) is 5.69 Å². The number of amides is 2. The van der Waals surface area contributed by atoms with Crippen molar-refractivity contribution in [2.75, 3.05) is 25.6 Å². The Morgan fingerprint density at radius 1 is 1.08 bits per heavy atom. The molecule has 2 aromatic carbocycles. The smallest absolute Gasteiger partial charge is 0.256 e. The summed E-state index contributed by atoms with van der Waals surface area (Å²) < 4.78 is 5.78. The van der Waals surface area contributed by atoms with E-state index < -0.39 is 0 Å². The van der Waals surface area contributed by atoms with Gasteiger partial charge in [-0.1, -0.05) is 24.3 Å². The Morgan fingerprint density at radius 3 is 2.46 bits per heavy atom. The maximum Gasteiger partial charge on any atom is 0.256 e. The zero-order chi connectivity index (χ0) is 17.4. The standard InChI is InChI=1S/C18H19IN2O3/c1-24-11-10-20-17(22)12-13-6-8-14(9-7-13)21-18(23)15-4-2-3-5-16(15)19/h2-9H,10-12H2,1H3,(H,20,22)(H,21,23). The van der Waals surface area contributed by atoms with Crippen LogP contribution >= 0.6 is 22.6 Å². The molecule has 6 heteroatoms. The number of anilines is 1. The first-order valence-electron chi connectivity index (χ1n) is 7.50. The Labute approximate surface area is 154 Å². The van der Waals surface area contributed by atoms with E-state index in [1.165, 1.54) is 0 Å². The van der Waals surface area contributed by atoms with Crippen molar-refractivity contribution in [1.82, 2.24) is 5.32 Å². The van der Waals surface area contributed by atoms with Gasteiger partial charge in [0.2, 0.25) is 5.91 Å². The number of methoxy groups -OCH3 is 1. The zero-order valence-corrected chi connectivity index (χ0v) is 15.5. The van der Waals surface area contributed by atoms with Crippen LogP contribution in [0.2, 0.25) is 0 Å². The van der Waals surface area contributed by atoms with Gasteiger partial charge in [-0.05, 0) is 52.4 Å². The number of rotatable bonds is 7. The van der Waals surface area contributed by atoms with E-state index in [4.69, 9.17) is 4.74 Å². The first kappa shape index (κ1) is 18.4. The topological polar surface area (TPSA) is 67.4 Å². The fraction of sp³-hybridized carbons (Fsp3) is 0.222. The van der Waals surface area contributed by atoms with E-state index in [2.05, 4.69) is 33.2 Å². The first-order chi connectivity index (χ1) is 11.6. The lowest BCUT2D eigenvalue weighted by Gasteiger charge is -2.08. The largest absolute Gasteiger partial charge is 0.383 e. The third kappa shape index (κ3) is 5.61. The molecule has 126 valence electrons. The van der Waals surface area contributed by atoms with Crippen LogP contribution in [0.1, 0.15) is 15.9 Å². The van der Waals surface area contributed by atoms with Crippen LogP contribution in [0.5, 0.6) is 0 Å². The number of ether oxygens (including phenoxy) is 1. The fourth-order valence-electron chi connectivity index (χ4n) is 2.09. The Morgan fingerprint density at radius 2 is 1.79 bits per heavy atom. The molecular formula is C18H19IN2O3. The van der Waals surface area contributed by atoms with E-state index in [1.54, 1.807) is 25.3 Å². The van der Waals surface area contributed by atoms with Crippen molar-refractivity contribution in [1.29, 1.82) is 0 Å². The molecule has 0 aliphatic carbocycles. The molecule has 2 N–H and O–H groups in total. The summed E-state index contributed by atoms with van der Waals surface area (Å²) in [6.45, 7) is 0.994. The van der Waals surface area contributed by atoms with Crippen molar-refractivity contribution >= 4 is 40.1 Å². The Hall–Kier alpha value is -1.93. The lowest BCUT2D eigenvalue weighted by molar-refractivity contribution is -0.120. The van der Waals surface area contributed by atoms with Crippen LogP contribution in [0, 0.1) is 3.57 Å². The van der Waals surface area contributed by atoms with Crippen LogP contribution < -0.4 is 10.6 Å². The van der Waals surface area contributed by atoms with Crippen molar-refractivity contribution in [3.05, 3.63) is 63.2 Å². The van der Waals surface area contributed by atoms with E-state index in [0.29, 0.717) is 30.8 Å². The average molecular weight is 438 g/mol. The maximum absolute atomic E-state index is 12.3. The van der Waals surface area contributed by atoms with E-state index >= 15 is 0 Å². The minimum absolute atomic E-state index is 0.0531. The monoisotopic (exact) mass is 438 g/mol. The zero-order valence-electron chi connectivity index (χ0n) is 13.3. The van der Waals surface area contributed by atoms with Crippen molar-refractivity contribution in [2.45, 2.75) is 6.42 Å². The summed E-state index contributed by atoms with van der Waals surface area (Å²) in [6, 6.07) is 14.7. The molecule has 2 amide bonds. The third-order valence-corrected chi connectivity index (χ3v) is 4.26. The van der Waals surface area contributed by atoms with E-state index in [1.807, 2.05) is 30.3 Å². The van der Waals surface area contributed by atoms with Crippen molar-refractivity contribution < 1.29 is 14.3 Å². The molecule has 0 aromatic heterocycles. The van der Waals surface area contributed by atoms with Gasteiger partial charge in [0.15, 0.2) is 0 Å². The number of halogens is 1. The normalized spacial score (nSPS) is 10.2. The predicted octanol–water partition coefficient (Wildman–Crippen LogP) is 2.85. The minimum Gasteiger partial charge on any atom is -0.383 e. The summed E-state index contributed by atoms with van der Waals surface area (Å²) in [5.41, 5.74) is 2.22. The van der Waals surface area contributed by atoms with Crippen LogP contribution in [0.15, 0.2) is 48.5 Å². The summed E-state index contributed by atoms with van der Waals surface area (Å²) in [7, 11) is 1.59. The molecule has 0 heterocycles. The molecule has 0 aliphatic rings. The number of hydrogen-bond donors (Lipinski definition) is 2. The predicted molar refractivity (Wildman–Crippen MR) is 102 cm³/mol. The van der Waals surface area contributed by atoms with Crippen molar-refractivity contribution in [3.8, 4) is 0 Å². The molecule has 0 aliphatic heterocycles. The fourth-order valence-corrected chi connectivity index (χ4v) is 2.72. The molecule has 0 radical (unpaired) electrons. The molecule has 0 bridgehead atoms. The van der Waals surface area contributed by atoms with Gasteiger partial charge in [-0.3, -0.25) is 9.59 Å². The van der Waals surface area contributed by atoms with Gasteiger partial charge in [0.1, 0.15) is 0 Å². The second-order valence-electron chi connectivity index (χ2n) is 5.15. The summed E-state index contributed by atoms with van der Waals surface area (Å²) in [4.78, 5) is 24.0. The number of benzene rings is 2. The molecule has 0 unspecified atom stereocenters. The first-order valence-corrected chi connectivity index (χ1v) is 8.58. The second kappa shape index (κ2) is 9.39. The lowest BCUT2D eigenvalue weighted by atomic mass is 10.1. The number of nitrogens with one attached hydrogen (secondary N) is 2. The number of carbonyl (C=O) groups is 2. The molecule has 0 spiro atoms. The quantitative estimate of drug-likeness (QED) is 0.516. The molecule has 0 saturated carbocycles. The van der Waals surface area contributed by atoms with Gasteiger partial charge in [0, 0.05) is 22.9 Å². The van der Waals surface area contributed by atoms with E-state index in [-0.39, 0.29) is 11.8 Å². The highest BCUT2D eigenvalue weighted by Gasteiger charge is 2.09. The summed E-state index contributed by atoms with van der Waals surface area (Å²) in [5.74, 6) is -0.201. The van der Waals surface area contributed by atoms with Crippen LogP contribution in [0.25, 0.3) is 0 Å². The Balaban J connectivity index is 1.91. The van der Waals surface area contributed by atoms with Gasteiger partial charge in [0.05, 0.1) is 18.6 Å². The van der Waals surface area contributed by atoms with E-state index in [0.717, 1.165) is 9.13 Å². The second-order valence-corrected chi connectivity index (χ2v) is 6.31. The average Bonchev–Trinajstić information content (AvgIpc) is 2.57. The molecule has 0 atom stereocenters. The summed E-state index contributed by atoms with van der Waals surface area (Å²) in [6.07, 6.45) is 0.300. The van der Waals surface area contributed by atoms with Gasteiger partial charge >= 0.3 is 0 Å². The van der Waals surface area contributed by atoms with Gasteiger partial charge in [0.25, 0.3) is 5.91 Å². The SMILES string of the molecule is COCCNC(=O)Cc1ccc(NC(=O)c2ccccc2I)cc1. The number of hydrogen-bond acceptors (Lipinski definition) is 3. The van der Waals surface area contributed by atoms with Crippen molar-refractivity contribution in [3.63, 3.8) is 0 Å². The molecule has 0 saturated heterocycles. The lowest BCUT2D eigenvalue weighted by Crippen LogP contribution is -2.28. The van der Waals surface area contributed by atoms with Crippen LogP contribution in [-0.4, -0.2) is 32.1 Å². The van der Waals surface area contributed by atoms with Crippen LogP contribution in [0.3, 0.4) is 0 Å². The van der Waals surface area contributed by atoms with Gasteiger partial charge in [-0.15, -0.1) is 0 Å². The Kier molecular flexibility index (Phi) is 7.20. The van der Waals surface area contributed by atoms with Gasteiger partial charge in [-0.25, -0.2) is 0 Å². The third-order valence-electron chi connectivity index (χ3n) is 3.32. The highest BCUT2D eigenvalue weighted by molar-refractivity contribution is 14.1. The molecule has 0 fully saturated rings. The number of carbonyl (C=O) groups excluding carboxylic acids is 2. The van der Waals surface area contributed by atoms with E-state index in [9.17, 15) is 9.59 Å². The maximum atomic E-state index is 12.3. The van der Waals surface area contributed by atoms with Gasteiger partial charge < -0.3 is 15.4 Å². The van der Waals surface area contributed by atoms with Gasteiger partial charge in [-0.2, -0.15) is 0 Å². The Bertz CT molecular complexity index is 702. The molecule has 2 aromatic rings.